The number of hydrogen-bond donors (Lipinski definition) is 1. The van der Waals surface area contributed by atoms with Gasteiger partial charge in [-0.15, -0.1) is 0 Å². The van der Waals surface area contributed by atoms with E-state index in [1.54, 1.807) is 0 Å². The molecule has 27 heavy (non-hydrogen) atoms. The summed E-state index contributed by atoms with van der Waals surface area (Å²) >= 11 is 0. The van der Waals surface area contributed by atoms with Crippen LogP contribution < -0.4 is 5.73 Å². The standard InChI is InChI=1S/C18H18F3NO4S/c19-18(20,21)16-6-2-1-5-15(16)13-8-10-14(11-9-13)27(24,25)26-12-4-3-7-17(22)23/h1-2,5-6,8-11H,3-4,7,12H2,(H2,22,23). The number of primary amides is 1. The van der Waals surface area contributed by atoms with Gasteiger partial charge in [-0.1, -0.05) is 30.3 Å². The van der Waals surface area contributed by atoms with E-state index >= 15 is 0 Å². The number of hydrogen-bond acceptors (Lipinski definition) is 4. The van der Waals surface area contributed by atoms with E-state index in [9.17, 15) is 26.4 Å². The van der Waals surface area contributed by atoms with Gasteiger partial charge in [-0.05, 0) is 42.2 Å². The van der Waals surface area contributed by atoms with Crippen molar-refractivity contribution in [1.82, 2.24) is 0 Å². The fourth-order valence-electron chi connectivity index (χ4n) is 2.42. The average Bonchev–Trinajstić information content (AvgIpc) is 2.60. The van der Waals surface area contributed by atoms with Crippen LogP contribution in [0.25, 0.3) is 11.1 Å². The number of benzene rings is 2. The number of unbranched alkanes of at least 4 members (excludes halogenated alkanes) is 1. The first-order valence-electron chi connectivity index (χ1n) is 8.05. The Hall–Kier alpha value is -2.39. The monoisotopic (exact) mass is 401 g/mol. The average molecular weight is 401 g/mol. The first-order valence-corrected chi connectivity index (χ1v) is 9.46. The molecule has 146 valence electrons. The van der Waals surface area contributed by atoms with Crippen molar-refractivity contribution in [2.45, 2.75) is 30.3 Å². The summed E-state index contributed by atoms with van der Waals surface area (Å²) in [5.41, 5.74) is 4.38. The van der Waals surface area contributed by atoms with Crippen molar-refractivity contribution in [3.8, 4) is 11.1 Å². The molecule has 0 atom stereocenters. The Labute approximate surface area is 155 Å². The molecule has 0 aliphatic carbocycles. The molecule has 0 saturated heterocycles. The van der Waals surface area contributed by atoms with Crippen LogP contribution in [-0.2, 0) is 25.3 Å². The quantitative estimate of drug-likeness (QED) is 0.539. The van der Waals surface area contributed by atoms with Gasteiger partial charge in [0.1, 0.15) is 0 Å². The normalized spacial score (nSPS) is 12.1. The number of carbonyl (C=O) groups excluding carboxylic acids is 1. The van der Waals surface area contributed by atoms with Gasteiger partial charge in [-0.2, -0.15) is 21.6 Å². The molecule has 0 aliphatic rings. The van der Waals surface area contributed by atoms with Crippen molar-refractivity contribution in [3.05, 3.63) is 54.1 Å². The molecule has 0 spiro atoms. The van der Waals surface area contributed by atoms with Crippen LogP contribution in [0, 0.1) is 0 Å². The summed E-state index contributed by atoms with van der Waals surface area (Å²) in [5.74, 6) is -0.479. The number of carbonyl (C=O) groups is 1. The zero-order valence-electron chi connectivity index (χ0n) is 14.2. The molecule has 2 aromatic carbocycles. The lowest BCUT2D eigenvalue weighted by molar-refractivity contribution is -0.137. The first kappa shape index (κ1) is 20.9. The highest BCUT2D eigenvalue weighted by Crippen LogP contribution is 2.37. The molecule has 0 fully saturated rings. The molecular formula is C18H18F3NO4S. The second-order valence-electron chi connectivity index (χ2n) is 5.77. The largest absolute Gasteiger partial charge is 0.417 e. The third kappa shape index (κ3) is 5.80. The lowest BCUT2D eigenvalue weighted by atomic mass is 9.99. The smallest absolute Gasteiger partial charge is 0.370 e. The van der Waals surface area contributed by atoms with Crippen molar-refractivity contribution < 1.29 is 30.6 Å². The third-order valence-corrected chi connectivity index (χ3v) is 5.07. The molecule has 0 heterocycles. The minimum Gasteiger partial charge on any atom is -0.370 e. The summed E-state index contributed by atoms with van der Waals surface area (Å²) in [4.78, 5) is 10.4. The molecule has 0 aliphatic heterocycles. The van der Waals surface area contributed by atoms with E-state index in [1.165, 1.54) is 42.5 Å². The number of nitrogens with two attached hydrogens (primary N) is 1. The summed E-state index contributed by atoms with van der Waals surface area (Å²) < 4.78 is 68.4. The van der Waals surface area contributed by atoms with Crippen LogP contribution in [0.4, 0.5) is 13.2 Å². The summed E-state index contributed by atoms with van der Waals surface area (Å²) in [6.07, 6.45) is -3.65. The molecule has 0 bridgehead atoms. The molecule has 2 rings (SSSR count). The Morgan fingerprint density at radius 2 is 1.63 bits per heavy atom. The molecule has 0 saturated carbocycles. The fourth-order valence-corrected chi connectivity index (χ4v) is 3.36. The third-order valence-electron chi connectivity index (χ3n) is 3.74. The lowest BCUT2D eigenvalue weighted by Gasteiger charge is -2.13. The van der Waals surface area contributed by atoms with Gasteiger partial charge in [0.25, 0.3) is 10.1 Å². The van der Waals surface area contributed by atoms with Crippen LogP contribution in [0.3, 0.4) is 0 Å². The van der Waals surface area contributed by atoms with Crippen molar-refractivity contribution in [2.24, 2.45) is 5.73 Å². The molecule has 9 heteroatoms. The van der Waals surface area contributed by atoms with Crippen LogP contribution in [0.1, 0.15) is 24.8 Å². The predicted octanol–water partition coefficient (Wildman–Crippen LogP) is 3.73. The van der Waals surface area contributed by atoms with E-state index in [0.29, 0.717) is 12.8 Å². The minimum atomic E-state index is -4.52. The number of amides is 1. The van der Waals surface area contributed by atoms with Crippen molar-refractivity contribution in [3.63, 3.8) is 0 Å². The molecule has 5 nitrogen and oxygen atoms in total. The highest BCUT2D eigenvalue weighted by Gasteiger charge is 2.33. The first-order chi connectivity index (χ1) is 12.6. The van der Waals surface area contributed by atoms with E-state index in [-0.39, 0.29) is 29.1 Å². The topological polar surface area (TPSA) is 86.5 Å². The van der Waals surface area contributed by atoms with Gasteiger partial charge < -0.3 is 5.73 Å². The number of alkyl halides is 3. The van der Waals surface area contributed by atoms with E-state index in [2.05, 4.69) is 0 Å². The molecule has 1 amide bonds. The zero-order valence-corrected chi connectivity index (χ0v) is 15.0. The van der Waals surface area contributed by atoms with Gasteiger partial charge >= 0.3 is 6.18 Å². The SMILES string of the molecule is NC(=O)CCCCOS(=O)(=O)c1ccc(-c2ccccc2C(F)(F)F)cc1. The van der Waals surface area contributed by atoms with Crippen molar-refractivity contribution in [1.29, 1.82) is 0 Å². The Bertz CT molecular complexity index is 894. The van der Waals surface area contributed by atoms with Gasteiger partial charge in [-0.3, -0.25) is 8.98 Å². The lowest BCUT2D eigenvalue weighted by Crippen LogP contribution is -2.11. The van der Waals surface area contributed by atoms with Gasteiger partial charge in [0.05, 0.1) is 17.1 Å². The Kier molecular flexibility index (Phi) is 6.61. The van der Waals surface area contributed by atoms with Gasteiger partial charge in [0, 0.05) is 6.42 Å². The number of rotatable bonds is 8. The van der Waals surface area contributed by atoms with E-state index in [0.717, 1.165) is 6.07 Å². The molecular weight excluding hydrogens is 383 g/mol. The van der Waals surface area contributed by atoms with Crippen LogP contribution >= 0.6 is 0 Å². The predicted molar refractivity (Wildman–Crippen MR) is 93.1 cm³/mol. The maximum absolute atomic E-state index is 13.1. The van der Waals surface area contributed by atoms with Crippen molar-refractivity contribution in [2.75, 3.05) is 6.61 Å². The molecule has 0 radical (unpaired) electrons. The van der Waals surface area contributed by atoms with E-state index in [1.807, 2.05) is 0 Å². The Morgan fingerprint density at radius 1 is 1.00 bits per heavy atom. The zero-order chi connectivity index (χ0) is 20.1. The van der Waals surface area contributed by atoms with Crippen molar-refractivity contribution >= 4 is 16.0 Å². The maximum atomic E-state index is 13.1. The summed E-state index contributed by atoms with van der Waals surface area (Å²) in [7, 11) is -4.04. The minimum absolute atomic E-state index is 0.0404. The Morgan fingerprint density at radius 3 is 2.22 bits per heavy atom. The van der Waals surface area contributed by atoms with Crippen LogP contribution in [0.15, 0.2) is 53.4 Å². The molecule has 0 unspecified atom stereocenters. The Balaban J connectivity index is 2.12. The van der Waals surface area contributed by atoms with Crippen LogP contribution in [0.2, 0.25) is 0 Å². The van der Waals surface area contributed by atoms with E-state index in [4.69, 9.17) is 9.92 Å². The highest BCUT2D eigenvalue weighted by atomic mass is 32.2. The van der Waals surface area contributed by atoms with Crippen LogP contribution in [-0.4, -0.2) is 20.9 Å². The second kappa shape index (κ2) is 8.53. The highest BCUT2D eigenvalue weighted by molar-refractivity contribution is 7.86. The maximum Gasteiger partial charge on any atom is 0.417 e. The molecule has 2 N–H and O–H groups in total. The summed E-state index contributed by atoms with van der Waals surface area (Å²) in [6.45, 7) is -0.117. The van der Waals surface area contributed by atoms with E-state index < -0.39 is 27.8 Å². The molecule has 0 aromatic heterocycles. The van der Waals surface area contributed by atoms with Gasteiger partial charge in [0.2, 0.25) is 5.91 Å². The van der Waals surface area contributed by atoms with Gasteiger partial charge in [-0.25, -0.2) is 0 Å². The second-order valence-corrected chi connectivity index (χ2v) is 7.38. The summed E-state index contributed by atoms with van der Waals surface area (Å²) in [5, 5.41) is 0. The fraction of sp³-hybridized carbons (Fsp3) is 0.278. The molecule has 2 aromatic rings. The van der Waals surface area contributed by atoms with Crippen LogP contribution in [0.5, 0.6) is 0 Å². The van der Waals surface area contributed by atoms with Gasteiger partial charge in [0.15, 0.2) is 0 Å². The number of halogens is 3. The summed E-state index contributed by atoms with van der Waals surface area (Å²) in [6, 6.07) is 10.0.